The number of hydrogen-bond donors (Lipinski definition) is 1. The molecule has 0 aromatic carbocycles. The first-order valence-electron chi connectivity index (χ1n) is 10.1. The third-order valence-corrected chi connectivity index (χ3v) is 6.19. The number of aromatic nitrogens is 1. The summed E-state index contributed by atoms with van der Waals surface area (Å²) in [6.45, 7) is 5.23. The van der Waals surface area contributed by atoms with Crippen LogP contribution in [0.2, 0.25) is 0 Å². The van der Waals surface area contributed by atoms with E-state index in [-0.39, 0.29) is 11.4 Å². The van der Waals surface area contributed by atoms with Crippen molar-refractivity contribution >= 4 is 11.8 Å². The van der Waals surface area contributed by atoms with E-state index >= 15 is 0 Å². The maximum Gasteiger partial charge on any atom is 0.311 e. The molecule has 2 heterocycles. The van der Waals surface area contributed by atoms with Crippen LogP contribution in [0.25, 0.3) is 0 Å². The average Bonchev–Trinajstić information content (AvgIpc) is 2.69. The summed E-state index contributed by atoms with van der Waals surface area (Å²) in [4.78, 5) is 19.3. The number of carbonyl (C=O) groups excluding carboxylic acids is 1. The van der Waals surface area contributed by atoms with Crippen molar-refractivity contribution in [2.24, 2.45) is 5.41 Å². The first kappa shape index (κ1) is 19.2. The summed E-state index contributed by atoms with van der Waals surface area (Å²) in [5.74, 6) is 0.986. The van der Waals surface area contributed by atoms with Crippen molar-refractivity contribution in [3.8, 4) is 0 Å². The second-order valence-electron chi connectivity index (χ2n) is 8.06. The minimum Gasteiger partial charge on any atom is -0.469 e. The molecule has 1 N–H and O–H groups in total. The topological polar surface area (TPSA) is 54.5 Å². The molecule has 0 unspecified atom stereocenters. The summed E-state index contributed by atoms with van der Waals surface area (Å²) in [6, 6.07) is 4.65. The summed E-state index contributed by atoms with van der Waals surface area (Å²) in [6.07, 6.45) is 10.7. The molecule has 0 spiro atoms. The third kappa shape index (κ3) is 4.76. The summed E-state index contributed by atoms with van der Waals surface area (Å²) >= 11 is 0. The highest BCUT2D eigenvalue weighted by atomic mass is 16.5. The second kappa shape index (κ2) is 8.85. The van der Waals surface area contributed by atoms with Gasteiger partial charge in [0.2, 0.25) is 0 Å². The van der Waals surface area contributed by atoms with E-state index in [2.05, 4.69) is 34.3 Å². The van der Waals surface area contributed by atoms with Gasteiger partial charge in [-0.2, -0.15) is 0 Å². The van der Waals surface area contributed by atoms with E-state index in [1.165, 1.54) is 19.1 Å². The van der Waals surface area contributed by atoms with Gasteiger partial charge >= 0.3 is 5.97 Å². The number of esters is 1. The van der Waals surface area contributed by atoms with Crippen LogP contribution in [0.3, 0.4) is 0 Å². The van der Waals surface area contributed by atoms with E-state index in [4.69, 9.17) is 4.74 Å². The molecule has 0 radical (unpaired) electrons. The van der Waals surface area contributed by atoms with Gasteiger partial charge in [0.25, 0.3) is 0 Å². The highest BCUT2D eigenvalue weighted by molar-refractivity contribution is 5.76. The van der Waals surface area contributed by atoms with Crippen molar-refractivity contribution in [3.05, 3.63) is 23.9 Å². The molecule has 2 fully saturated rings. The second-order valence-corrected chi connectivity index (χ2v) is 8.06. The van der Waals surface area contributed by atoms with Gasteiger partial charge in [-0.1, -0.05) is 25.3 Å². The summed E-state index contributed by atoms with van der Waals surface area (Å²) in [5, 5.41) is 3.56. The number of nitrogens with one attached hydrogen (secondary N) is 1. The van der Waals surface area contributed by atoms with Gasteiger partial charge in [-0.25, -0.2) is 4.98 Å². The Kier molecular flexibility index (Phi) is 6.52. The number of methoxy groups -OCH3 is 1. The number of ether oxygens (including phenoxy) is 1. The first-order valence-corrected chi connectivity index (χ1v) is 10.1. The van der Waals surface area contributed by atoms with Crippen LogP contribution in [0.15, 0.2) is 18.3 Å². The molecule has 1 aromatic rings. The summed E-state index contributed by atoms with van der Waals surface area (Å²) in [7, 11) is 1.54. The van der Waals surface area contributed by atoms with E-state index in [1.807, 2.05) is 6.20 Å². The lowest BCUT2D eigenvalue weighted by molar-refractivity contribution is -0.155. The Morgan fingerprint density at radius 3 is 2.62 bits per heavy atom. The van der Waals surface area contributed by atoms with Crippen LogP contribution in [0.1, 0.15) is 56.9 Å². The lowest BCUT2D eigenvalue weighted by atomic mass is 9.71. The number of likely N-dealkylation sites (tertiary alicyclic amines) is 1. The molecule has 0 amide bonds. The van der Waals surface area contributed by atoms with E-state index in [0.717, 1.165) is 70.4 Å². The Morgan fingerprint density at radius 2 is 2.00 bits per heavy atom. The lowest BCUT2D eigenvalue weighted by Crippen LogP contribution is -2.43. The van der Waals surface area contributed by atoms with Crippen LogP contribution in [0, 0.1) is 12.3 Å². The molecule has 5 nitrogen and oxygen atoms in total. The molecule has 1 aliphatic carbocycles. The average molecular weight is 360 g/mol. The molecular weight excluding hydrogens is 326 g/mol. The van der Waals surface area contributed by atoms with E-state index in [9.17, 15) is 4.79 Å². The number of hydrogen-bond acceptors (Lipinski definition) is 5. The van der Waals surface area contributed by atoms with Gasteiger partial charge in [0, 0.05) is 25.3 Å². The monoisotopic (exact) mass is 359 g/mol. The quantitative estimate of drug-likeness (QED) is 0.784. The molecular formula is C21H33N3O2. The summed E-state index contributed by atoms with van der Waals surface area (Å²) in [5.41, 5.74) is 0.959. The Bertz CT molecular complexity index is 573. The standard InChI is InChI=1S/C21H33N3O2/c1-17-6-7-19(22-16-17)23-18-8-13-24(14-9-18)15-12-21(20(25)26-2)10-4-3-5-11-21/h6-7,16,18H,3-5,8-15H2,1-2H3,(H,22,23). The minimum absolute atomic E-state index is 0.0131. The van der Waals surface area contributed by atoms with Crippen molar-refractivity contribution < 1.29 is 9.53 Å². The number of pyridine rings is 1. The summed E-state index contributed by atoms with van der Waals surface area (Å²) < 4.78 is 5.15. The zero-order valence-electron chi connectivity index (χ0n) is 16.3. The smallest absolute Gasteiger partial charge is 0.311 e. The van der Waals surface area contributed by atoms with Gasteiger partial charge in [0.05, 0.1) is 12.5 Å². The number of aryl methyl sites for hydroxylation is 1. The van der Waals surface area contributed by atoms with Gasteiger partial charge in [-0.05, 0) is 57.2 Å². The number of anilines is 1. The Balaban J connectivity index is 1.46. The normalized spacial score (nSPS) is 21.3. The molecule has 2 aliphatic rings. The molecule has 0 bridgehead atoms. The fraction of sp³-hybridized carbons (Fsp3) is 0.714. The van der Waals surface area contributed by atoms with E-state index in [0.29, 0.717) is 6.04 Å². The molecule has 26 heavy (non-hydrogen) atoms. The number of carbonyl (C=O) groups is 1. The van der Waals surface area contributed by atoms with Gasteiger partial charge < -0.3 is 15.0 Å². The van der Waals surface area contributed by atoms with Gasteiger partial charge in [0.15, 0.2) is 0 Å². The van der Waals surface area contributed by atoms with Gasteiger partial charge in [-0.15, -0.1) is 0 Å². The molecule has 0 atom stereocenters. The minimum atomic E-state index is -0.228. The van der Waals surface area contributed by atoms with E-state index < -0.39 is 0 Å². The predicted octanol–water partition coefficient (Wildman–Crippen LogP) is 3.78. The number of nitrogens with zero attached hydrogens (tertiary/aromatic N) is 2. The zero-order valence-corrected chi connectivity index (χ0v) is 16.3. The highest BCUT2D eigenvalue weighted by Crippen LogP contribution is 2.40. The Labute approximate surface area is 157 Å². The van der Waals surface area contributed by atoms with Crippen LogP contribution in [-0.2, 0) is 9.53 Å². The molecule has 1 aliphatic heterocycles. The van der Waals surface area contributed by atoms with Crippen LogP contribution >= 0.6 is 0 Å². The first-order chi connectivity index (χ1) is 12.6. The van der Waals surface area contributed by atoms with Crippen molar-refractivity contribution in [3.63, 3.8) is 0 Å². The van der Waals surface area contributed by atoms with Gasteiger partial charge in [-0.3, -0.25) is 4.79 Å². The molecule has 5 heteroatoms. The Morgan fingerprint density at radius 1 is 1.27 bits per heavy atom. The molecule has 1 saturated heterocycles. The SMILES string of the molecule is COC(=O)C1(CCN2CCC(Nc3ccc(C)cn3)CC2)CCCCC1. The molecule has 3 rings (SSSR count). The maximum absolute atomic E-state index is 12.4. The van der Waals surface area contributed by atoms with Crippen LogP contribution in [-0.4, -0.2) is 48.6 Å². The Hall–Kier alpha value is -1.62. The van der Waals surface area contributed by atoms with E-state index in [1.54, 1.807) is 0 Å². The van der Waals surface area contributed by atoms with Crippen LogP contribution in [0.4, 0.5) is 5.82 Å². The highest BCUT2D eigenvalue weighted by Gasteiger charge is 2.40. The molecule has 1 saturated carbocycles. The fourth-order valence-electron chi connectivity index (χ4n) is 4.44. The molecule has 1 aromatic heterocycles. The predicted molar refractivity (Wildman–Crippen MR) is 104 cm³/mol. The van der Waals surface area contributed by atoms with Crippen molar-refractivity contribution in [2.75, 3.05) is 32.1 Å². The van der Waals surface area contributed by atoms with Crippen molar-refractivity contribution in [2.45, 2.75) is 64.3 Å². The van der Waals surface area contributed by atoms with Crippen LogP contribution in [0.5, 0.6) is 0 Å². The third-order valence-electron chi connectivity index (χ3n) is 6.19. The lowest BCUT2D eigenvalue weighted by Gasteiger charge is -2.38. The number of rotatable bonds is 6. The zero-order chi connectivity index (χ0) is 18.4. The van der Waals surface area contributed by atoms with Gasteiger partial charge in [0.1, 0.15) is 5.82 Å². The van der Waals surface area contributed by atoms with Crippen molar-refractivity contribution in [1.82, 2.24) is 9.88 Å². The number of piperidine rings is 1. The maximum atomic E-state index is 12.4. The fourth-order valence-corrected chi connectivity index (χ4v) is 4.44. The molecule has 144 valence electrons. The van der Waals surface area contributed by atoms with Crippen molar-refractivity contribution in [1.29, 1.82) is 0 Å². The van der Waals surface area contributed by atoms with Crippen LogP contribution < -0.4 is 5.32 Å². The largest absolute Gasteiger partial charge is 0.469 e.